The molecule has 3 aromatic rings. The second-order valence-electron chi connectivity index (χ2n) is 8.66. The summed E-state index contributed by atoms with van der Waals surface area (Å²) in [5.74, 6) is 1.31. The molecule has 0 saturated heterocycles. The molecule has 0 fully saturated rings. The van der Waals surface area contributed by atoms with Crippen molar-refractivity contribution >= 4 is 28.0 Å². The quantitative estimate of drug-likeness (QED) is 0.405. The normalized spacial score (nSPS) is 14.2. The average Bonchev–Trinajstić information content (AvgIpc) is 2.70. The SMILES string of the molecule is CCOc1cc2oc3cc4c(c(O)c3c(=O)c2c(CC=C(C)C)c1OC)C=CC(C)(C)O4. The van der Waals surface area contributed by atoms with Gasteiger partial charge in [0.05, 0.1) is 24.7 Å². The molecular weight excluding hydrogens is 408 g/mol. The highest BCUT2D eigenvalue weighted by Crippen LogP contribution is 2.43. The Balaban J connectivity index is 2.12. The van der Waals surface area contributed by atoms with E-state index in [2.05, 4.69) is 0 Å². The van der Waals surface area contributed by atoms with Gasteiger partial charge in [-0.05, 0) is 53.2 Å². The molecule has 2 heterocycles. The second kappa shape index (κ2) is 7.93. The lowest BCUT2D eigenvalue weighted by Gasteiger charge is -2.28. The zero-order valence-electron chi connectivity index (χ0n) is 19.3. The second-order valence-corrected chi connectivity index (χ2v) is 8.66. The molecule has 0 saturated carbocycles. The first-order chi connectivity index (χ1) is 15.2. The van der Waals surface area contributed by atoms with E-state index in [0.29, 0.717) is 52.4 Å². The van der Waals surface area contributed by atoms with Crippen LogP contribution in [0.2, 0.25) is 0 Å². The summed E-state index contributed by atoms with van der Waals surface area (Å²) in [5, 5.41) is 11.5. The largest absolute Gasteiger partial charge is 0.506 e. The molecule has 168 valence electrons. The molecule has 0 unspecified atom stereocenters. The fourth-order valence-corrected chi connectivity index (χ4v) is 4.01. The Morgan fingerprint density at radius 2 is 1.91 bits per heavy atom. The molecule has 0 aliphatic carbocycles. The van der Waals surface area contributed by atoms with Crippen LogP contribution in [0.25, 0.3) is 28.0 Å². The third-order valence-electron chi connectivity index (χ3n) is 5.49. The topological polar surface area (TPSA) is 78.1 Å². The third-order valence-corrected chi connectivity index (χ3v) is 5.49. The molecule has 0 spiro atoms. The molecule has 32 heavy (non-hydrogen) atoms. The Morgan fingerprint density at radius 1 is 1.19 bits per heavy atom. The summed E-state index contributed by atoms with van der Waals surface area (Å²) in [5.41, 5.74) is 2.01. The van der Waals surface area contributed by atoms with E-state index in [4.69, 9.17) is 18.6 Å². The van der Waals surface area contributed by atoms with Crippen molar-refractivity contribution in [3.05, 3.63) is 51.2 Å². The maximum atomic E-state index is 13.7. The zero-order valence-corrected chi connectivity index (χ0v) is 19.3. The van der Waals surface area contributed by atoms with E-state index < -0.39 is 5.60 Å². The summed E-state index contributed by atoms with van der Waals surface area (Å²) in [4.78, 5) is 13.7. The van der Waals surface area contributed by atoms with E-state index in [-0.39, 0.29) is 22.1 Å². The van der Waals surface area contributed by atoms with E-state index in [1.807, 2.05) is 46.8 Å². The van der Waals surface area contributed by atoms with E-state index >= 15 is 0 Å². The Bertz CT molecular complexity index is 1340. The van der Waals surface area contributed by atoms with Gasteiger partial charge in [0, 0.05) is 17.7 Å². The third kappa shape index (κ3) is 3.60. The molecule has 2 aromatic carbocycles. The van der Waals surface area contributed by atoms with Gasteiger partial charge in [-0.1, -0.05) is 11.6 Å². The monoisotopic (exact) mass is 436 g/mol. The molecule has 0 bridgehead atoms. The van der Waals surface area contributed by atoms with Crippen LogP contribution in [0.15, 0.2) is 39.1 Å². The first-order valence-corrected chi connectivity index (χ1v) is 10.7. The van der Waals surface area contributed by atoms with Crippen LogP contribution >= 0.6 is 0 Å². The molecule has 0 radical (unpaired) electrons. The number of benzene rings is 2. The molecule has 1 N–H and O–H groups in total. The molecule has 0 amide bonds. The summed E-state index contributed by atoms with van der Waals surface area (Å²) in [6, 6.07) is 3.34. The Hall–Kier alpha value is -3.41. The minimum absolute atomic E-state index is 0.119. The number of allylic oxidation sites excluding steroid dienone is 2. The number of methoxy groups -OCH3 is 1. The lowest BCUT2D eigenvalue weighted by molar-refractivity contribution is 0.158. The van der Waals surface area contributed by atoms with Crippen LogP contribution in [-0.4, -0.2) is 24.4 Å². The number of hydrogen-bond acceptors (Lipinski definition) is 6. The Labute approximate surface area is 186 Å². The van der Waals surface area contributed by atoms with Crippen molar-refractivity contribution in [2.75, 3.05) is 13.7 Å². The maximum Gasteiger partial charge on any atom is 0.204 e. The van der Waals surface area contributed by atoms with Crippen molar-refractivity contribution in [2.24, 2.45) is 0 Å². The molecular formula is C26H28O6. The van der Waals surface area contributed by atoms with Gasteiger partial charge in [-0.15, -0.1) is 0 Å². The number of rotatable bonds is 5. The number of aromatic hydroxyl groups is 1. The van der Waals surface area contributed by atoms with Crippen LogP contribution in [0.4, 0.5) is 0 Å². The van der Waals surface area contributed by atoms with Gasteiger partial charge in [0.25, 0.3) is 0 Å². The molecule has 1 aliphatic rings. The van der Waals surface area contributed by atoms with Crippen LogP contribution in [0.3, 0.4) is 0 Å². The van der Waals surface area contributed by atoms with Crippen molar-refractivity contribution in [1.29, 1.82) is 0 Å². The molecule has 0 atom stereocenters. The van der Waals surface area contributed by atoms with E-state index in [0.717, 1.165) is 5.57 Å². The Morgan fingerprint density at radius 3 is 2.56 bits per heavy atom. The van der Waals surface area contributed by atoms with Crippen LogP contribution in [0, 0.1) is 0 Å². The lowest BCUT2D eigenvalue weighted by Crippen LogP contribution is -2.27. The summed E-state index contributed by atoms with van der Waals surface area (Å²) < 4.78 is 23.6. The van der Waals surface area contributed by atoms with Gasteiger partial charge in [0.2, 0.25) is 5.43 Å². The maximum absolute atomic E-state index is 13.7. The zero-order chi connectivity index (χ0) is 23.2. The minimum atomic E-state index is -0.530. The highest BCUT2D eigenvalue weighted by molar-refractivity contribution is 5.99. The fraction of sp³-hybridized carbons (Fsp3) is 0.346. The van der Waals surface area contributed by atoms with Gasteiger partial charge in [-0.3, -0.25) is 4.79 Å². The summed E-state index contributed by atoms with van der Waals surface area (Å²) in [6.45, 7) is 10.1. The van der Waals surface area contributed by atoms with E-state index in [1.54, 1.807) is 25.3 Å². The number of ether oxygens (including phenoxy) is 3. The van der Waals surface area contributed by atoms with Gasteiger partial charge in [0.15, 0.2) is 11.5 Å². The smallest absolute Gasteiger partial charge is 0.204 e. The van der Waals surface area contributed by atoms with Crippen molar-refractivity contribution in [2.45, 2.75) is 46.6 Å². The van der Waals surface area contributed by atoms with Crippen LogP contribution in [-0.2, 0) is 6.42 Å². The predicted octanol–water partition coefficient (Wildman–Crippen LogP) is 5.75. The number of phenolic OH excluding ortho intramolecular Hbond substituents is 1. The van der Waals surface area contributed by atoms with E-state index in [1.165, 1.54) is 0 Å². The Kier molecular flexibility index (Phi) is 5.41. The number of hydrogen-bond donors (Lipinski definition) is 1. The van der Waals surface area contributed by atoms with Gasteiger partial charge >= 0.3 is 0 Å². The van der Waals surface area contributed by atoms with Crippen LogP contribution < -0.4 is 19.6 Å². The van der Waals surface area contributed by atoms with Crippen LogP contribution in [0.5, 0.6) is 23.0 Å². The first kappa shape index (κ1) is 21.8. The van der Waals surface area contributed by atoms with Crippen molar-refractivity contribution in [3.63, 3.8) is 0 Å². The van der Waals surface area contributed by atoms with Crippen molar-refractivity contribution in [3.8, 4) is 23.0 Å². The number of phenols is 1. The van der Waals surface area contributed by atoms with Gasteiger partial charge in [0.1, 0.15) is 33.7 Å². The average molecular weight is 437 g/mol. The van der Waals surface area contributed by atoms with Crippen molar-refractivity contribution < 1.29 is 23.7 Å². The van der Waals surface area contributed by atoms with Gasteiger partial charge in [-0.2, -0.15) is 0 Å². The van der Waals surface area contributed by atoms with E-state index in [9.17, 15) is 9.90 Å². The standard InChI is InChI=1S/C26H28O6/c1-7-30-20-13-18-21(16(25(20)29-6)9-8-14(2)3)24(28)22-19(31-18)12-17-15(23(22)27)10-11-26(4,5)32-17/h8,10-13,27H,7,9H2,1-6H3. The van der Waals surface area contributed by atoms with Gasteiger partial charge in [-0.25, -0.2) is 0 Å². The predicted molar refractivity (Wildman–Crippen MR) is 126 cm³/mol. The van der Waals surface area contributed by atoms with Gasteiger partial charge < -0.3 is 23.7 Å². The molecule has 4 rings (SSSR count). The summed E-state index contributed by atoms with van der Waals surface area (Å²) in [6.07, 6.45) is 6.10. The van der Waals surface area contributed by atoms with Crippen LogP contribution in [0.1, 0.15) is 45.7 Å². The molecule has 1 aliphatic heterocycles. The molecule has 6 nitrogen and oxygen atoms in total. The highest BCUT2D eigenvalue weighted by atomic mass is 16.5. The highest BCUT2D eigenvalue weighted by Gasteiger charge is 2.28. The summed E-state index contributed by atoms with van der Waals surface area (Å²) >= 11 is 0. The lowest BCUT2D eigenvalue weighted by atomic mass is 9.97. The summed E-state index contributed by atoms with van der Waals surface area (Å²) in [7, 11) is 1.55. The fourth-order valence-electron chi connectivity index (χ4n) is 4.01. The molecule has 6 heteroatoms. The van der Waals surface area contributed by atoms with Crippen molar-refractivity contribution in [1.82, 2.24) is 0 Å². The molecule has 1 aromatic heterocycles. The minimum Gasteiger partial charge on any atom is -0.506 e. The first-order valence-electron chi connectivity index (χ1n) is 10.7. The number of fused-ring (bicyclic) bond motifs is 3.